The van der Waals surface area contributed by atoms with Crippen LogP contribution in [0.4, 0.5) is 5.69 Å². The third kappa shape index (κ3) is 4.47. The van der Waals surface area contributed by atoms with Gasteiger partial charge in [0.05, 0.1) is 31.3 Å². The highest BCUT2D eigenvalue weighted by atomic mass is 16.5. The second-order valence-corrected chi connectivity index (χ2v) is 6.47. The second kappa shape index (κ2) is 9.19. The van der Waals surface area contributed by atoms with Crippen LogP contribution in [0.1, 0.15) is 16.1 Å². The van der Waals surface area contributed by atoms with Crippen LogP contribution in [0.15, 0.2) is 47.3 Å². The maximum Gasteiger partial charge on any atom is 0.359 e. The second-order valence-electron chi connectivity index (χ2n) is 6.47. The fraction of sp³-hybridized carbons (Fsp3) is 0.238. The first-order chi connectivity index (χ1) is 14.4. The van der Waals surface area contributed by atoms with E-state index in [0.717, 1.165) is 10.2 Å². The summed E-state index contributed by atoms with van der Waals surface area (Å²) in [4.78, 5) is 37.3. The van der Waals surface area contributed by atoms with Gasteiger partial charge < -0.3 is 19.9 Å². The molecule has 0 aliphatic heterocycles. The number of anilines is 1. The van der Waals surface area contributed by atoms with Crippen LogP contribution < -0.4 is 15.6 Å². The number of carbonyl (C=O) groups is 2. The molecule has 9 heteroatoms. The first kappa shape index (κ1) is 21.0. The Kier molecular flexibility index (Phi) is 6.43. The molecule has 156 valence electrons. The number of aliphatic hydroxyl groups excluding tert-OH is 1. The number of aryl methyl sites for hydroxylation is 1. The Balaban J connectivity index is 1.79. The Hall–Kier alpha value is -3.72. The van der Waals surface area contributed by atoms with Gasteiger partial charge in [0.2, 0.25) is 0 Å². The molecule has 2 aromatic carbocycles. The monoisotopic (exact) mass is 411 g/mol. The van der Waals surface area contributed by atoms with E-state index in [-0.39, 0.29) is 24.2 Å². The van der Waals surface area contributed by atoms with Gasteiger partial charge in [0.15, 0.2) is 12.3 Å². The van der Waals surface area contributed by atoms with Crippen LogP contribution in [0.3, 0.4) is 0 Å². The lowest BCUT2D eigenvalue weighted by atomic mass is 10.1. The zero-order valence-electron chi connectivity index (χ0n) is 16.5. The molecule has 0 atom stereocenters. The highest BCUT2D eigenvalue weighted by molar-refractivity contribution is 6.03. The van der Waals surface area contributed by atoms with E-state index < -0.39 is 24.0 Å². The minimum absolute atomic E-state index is 0.0718. The molecule has 3 rings (SSSR count). The molecule has 0 aliphatic rings. The van der Waals surface area contributed by atoms with E-state index in [2.05, 4.69) is 10.4 Å². The third-order valence-corrected chi connectivity index (χ3v) is 4.34. The van der Waals surface area contributed by atoms with Gasteiger partial charge >= 0.3 is 5.97 Å². The highest BCUT2D eigenvalue weighted by Crippen LogP contribution is 2.25. The van der Waals surface area contributed by atoms with E-state index in [9.17, 15) is 14.4 Å². The summed E-state index contributed by atoms with van der Waals surface area (Å²) < 4.78 is 11.3. The molecular formula is C21H21N3O6. The fourth-order valence-electron chi connectivity index (χ4n) is 2.94. The van der Waals surface area contributed by atoms with Gasteiger partial charge in [-0.3, -0.25) is 9.59 Å². The summed E-state index contributed by atoms with van der Waals surface area (Å²) in [6, 6.07) is 11.7. The van der Waals surface area contributed by atoms with Gasteiger partial charge in [0.25, 0.3) is 11.5 Å². The number of esters is 1. The molecule has 30 heavy (non-hydrogen) atoms. The van der Waals surface area contributed by atoms with Gasteiger partial charge in [0.1, 0.15) is 5.75 Å². The molecule has 9 nitrogen and oxygen atoms in total. The van der Waals surface area contributed by atoms with Crippen molar-refractivity contribution in [2.75, 3.05) is 25.6 Å². The molecule has 0 unspecified atom stereocenters. The van der Waals surface area contributed by atoms with Crippen LogP contribution in [0.5, 0.6) is 5.75 Å². The molecule has 0 saturated heterocycles. The Labute approximate surface area is 171 Å². The summed E-state index contributed by atoms with van der Waals surface area (Å²) in [5.41, 5.74) is 0.837. The fourth-order valence-corrected chi connectivity index (χ4v) is 2.94. The highest BCUT2D eigenvalue weighted by Gasteiger charge is 2.19. The van der Waals surface area contributed by atoms with Crippen molar-refractivity contribution < 1.29 is 24.2 Å². The Morgan fingerprint density at radius 1 is 1.17 bits per heavy atom. The van der Waals surface area contributed by atoms with Gasteiger partial charge in [-0.25, -0.2) is 9.48 Å². The minimum Gasteiger partial charge on any atom is -0.495 e. The molecule has 0 bridgehead atoms. The topological polar surface area (TPSA) is 120 Å². The summed E-state index contributed by atoms with van der Waals surface area (Å²) in [7, 11) is 1.48. The molecule has 0 aliphatic carbocycles. The van der Waals surface area contributed by atoms with Gasteiger partial charge in [0, 0.05) is 5.39 Å². The maximum absolute atomic E-state index is 12.6. The van der Waals surface area contributed by atoms with Crippen LogP contribution in [-0.4, -0.2) is 47.1 Å². The van der Waals surface area contributed by atoms with Crippen molar-refractivity contribution in [2.24, 2.45) is 0 Å². The molecule has 1 heterocycles. The summed E-state index contributed by atoms with van der Waals surface area (Å²) in [6.07, 6.45) is 0. The van der Waals surface area contributed by atoms with Crippen LogP contribution >= 0.6 is 0 Å². The van der Waals surface area contributed by atoms with E-state index >= 15 is 0 Å². The Bertz CT molecular complexity index is 1160. The van der Waals surface area contributed by atoms with Crippen molar-refractivity contribution in [1.82, 2.24) is 9.78 Å². The molecule has 1 aromatic heterocycles. The van der Waals surface area contributed by atoms with Crippen LogP contribution in [0, 0.1) is 6.92 Å². The first-order valence-electron chi connectivity index (χ1n) is 9.17. The maximum atomic E-state index is 12.6. The number of fused-ring (bicyclic) bond motifs is 1. The van der Waals surface area contributed by atoms with E-state index in [1.807, 2.05) is 13.0 Å². The quantitative estimate of drug-likeness (QED) is 0.566. The predicted octanol–water partition coefficient (Wildman–Crippen LogP) is 1.50. The number of ether oxygens (including phenoxy) is 2. The number of nitrogens with zero attached hydrogens (tertiary/aromatic N) is 2. The number of methoxy groups -OCH3 is 1. The number of benzene rings is 2. The molecule has 0 spiro atoms. The number of aromatic nitrogens is 2. The standard InChI is InChI=1S/C21H21N3O6/c1-13-7-8-17(29-2)16(11-13)22-18(26)12-30-21(28)19-14-5-3-4-6-15(14)20(27)24(23-19)9-10-25/h3-8,11,25H,9-10,12H2,1-2H3,(H,22,26). The van der Waals surface area contributed by atoms with Crippen molar-refractivity contribution in [3.8, 4) is 5.75 Å². The summed E-state index contributed by atoms with van der Waals surface area (Å²) >= 11 is 0. The number of rotatable bonds is 7. The molecule has 3 aromatic rings. The van der Waals surface area contributed by atoms with Crippen molar-refractivity contribution >= 4 is 28.3 Å². The zero-order valence-corrected chi connectivity index (χ0v) is 16.5. The first-order valence-corrected chi connectivity index (χ1v) is 9.17. The Morgan fingerprint density at radius 2 is 1.90 bits per heavy atom. The minimum atomic E-state index is -0.857. The summed E-state index contributed by atoms with van der Waals surface area (Å²) in [5.74, 6) is -0.937. The largest absolute Gasteiger partial charge is 0.495 e. The predicted molar refractivity (Wildman–Crippen MR) is 110 cm³/mol. The van der Waals surface area contributed by atoms with Gasteiger partial charge in [-0.2, -0.15) is 5.10 Å². The third-order valence-electron chi connectivity index (χ3n) is 4.34. The molecular weight excluding hydrogens is 390 g/mol. The van der Waals surface area contributed by atoms with Crippen molar-refractivity contribution in [3.63, 3.8) is 0 Å². The van der Waals surface area contributed by atoms with Crippen LogP contribution in [-0.2, 0) is 16.1 Å². The van der Waals surface area contributed by atoms with Crippen molar-refractivity contribution in [3.05, 3.63) is 64.1 Å². The van der Waals surface area contributed by atoms with E-state index in [1.165, 1.54) is 7.11 Å². The molecule has 0 saturated carbocycles. The lowest BCUT2D eigenvalue weighted by Gasteiger charge is -2.12. The molecule has 0 fully saturated rings. The number of amides is 1. The molecule has 2 N–H and O–H groups in total. The van der Waals surface area contributed by atoms with Crippen molar-refractivity contribution in [1.29, 1.82) is 0 Å². The number of hydrogen-bond donors (Lipinski definition) is 2. The lowest BCUT2D eigenvalue weighted by Crippen LogP contribution is -2.28. The zero-order chi connectivity index (χ0) is 21.7. The van der Waals surface area contributed by atoms with Crippen molar-refractivity contribution in [2.45, 2.75) is 13.5 Å². The van der Waals surface area contributed by atoms with Crippen LogP contribution in [0.25, 0.3) is 10.8 Å². The SMILES string of the molecule is COc1ccc(C)cc1NC(=O)COC(=O)c1nn(CCO)c(=O)c2ccccc12. The van der Waals surface area contributed by atoms with E-state index in [1.54, 1.807) is 36.4 Å². The normalized spacial score (nSPS) is 10.6. The number of hydrogen-bond acceptors (Lipinski definition) is 7. The van der Waals surface area contributed by atoms with Crippen LogP contribution in [0.2, 0.25) is 0 Å². The summed E-state index contributed by atoms with van der Waals surface area (Å²) in [6.45, 7) is 0.927. The molecule has 0 radical (unpaired) electrons. The Morgan fingerprint density at radius 3 is 2.60 bits per heavy atom. The molecule has 1 amide bonds. The number of aliphatic hydroxyl groups is 1. The van der Waals surface area contributed by atoms with Gasteiger partial charge in [-0.15, -0.1) is 0 Å². The van der Waals surface area contributed by atoms with Gasteiger partial charge in [-0.1, -0.05) is 24.3 Å². The number of carbonyl (C=O) groups excluding carboxylic acids is 2. The van der Waals surface area contributed by atoms with E-state index in [0.29, 0.717) is 16.8 Å². The van der Waals surface area contributed by atoms with E-state index in [4.69, 9.17) is 14.6 Å². The average molecular weight is 411 g/mol. The van der Waals surface area contributed by atoms with Gasteiger partial charge in [-0.05, 0) is 30.7 Å². The lowest BCUT2D eigenvalue weighted by molar-refractivity contribution is -0.119. The number of nitrogens with one attached hydrogen (secondary N) is 1. The average Bonchev–Trinajstić information content (AvgIpc) is 2.74. The summed E-state index contributed by atoms with van der Waals surface area (Å²) in [5, 5.41) is 16.4. The smallest absolute Gasteiger partial charge is 0.359 e.